The number of amides is 1. The Morgan fingerprint density at radius 1 is 0.946 bits per heavy atom. The zero-order chi connectivity index (χ0) is 26.7. The topological polar surface area (TPSA) is 67.8 Å². The highest BCUT2D eigenvalue weighted by molar-refractivity contribution is 5.95. The average molecular weight is 515 g/mol. The van der Waals surface area contributed by atoms with E-state index in [0.29, 0.717) is 60.4 Å². The summed E-state index contributed by atoms with van der Waals surface area (Å²) in [4.78, 5) is 26.1. The number of carbonyl (C=O) groups excluding carboxylic acids is 1. The molecule has 1 aliphatic heterocycles. The Bertz CT molecular complexity index is 1270. The van der Waals surface area contributed by atoms with Gasteiger partial charge in [0.1, 0.15) is 23.1 Å². The fourth-order valence-corrected chi connectivity index (χ4v) is 4.48. The highest BCUT2D eigenvalue weighted by atomic mass is 19.4. The van der Waals surface area contributed by atoms with E-state index in [4.69, 9.17) is 9.47 Å². The van der Waals surface area contributed by atoms with Crippen LogP contribution in [0.15, 0.2) is 42.5 Å². The highest BCUT2D eigenvalue weighted by Crippen LogP contribution is 2.31. The third kappa shape index (κ3) is 5.95. The van der Waals surface area contributed by atoms with Crippen LogP contribution in [0.5, 0.6) is 11.5 Å². The molecule has 0 saturated carbocycles. The molecular formula is C27H29F3N4O3. The normalized spacial score (nSPS) is 14.0. The van der Waals surface area contributed by atoms with Crippen LogP contribution in [0.2, 0.25) is 0 Å². The van der Waals surface area contributed by atoms with E-state index in [9.17, 15) is 18.0 Å². The van der Waals surface area contributed by atoms with Crippen LogP contribution in [0, 0.1) is 13.8 Å². The van der Waals surface area contributed by atoms with E-state index in [1.54, 1.807) is 36.1 Å². The Balaban J connectivity index is 1.54. The molecule has 4 rings (SSSR count). The second-order valence-corrected chi connectivity index (χ2v) is 8.91. The van der Waals surface area contributed by atoms with E-state index < -0.39 is 11.7 Å². The number of anilines is 1. The van der Waals surface area contributed by atoms with Crippen LogP contribution in [0.25, 0.3) is 0 Å². The number of methoxy groups -OCH3 is 2. The number of nitrogens with zero attached hydrogens (tertiary/aromatic N) is 4. The molecule has 2 aromatic carbocycles. The van der Waals surface area contributed by atoms with E-state index in [1.807, 2.05) is 6.92 Å². The molecule has 196 valence electrons. The summed E-state index contributed by atoms with van der Waals surface area (Å²) in [6, 6.07) is 10.4. The summed E-state index contributed by atoms with van der Waals surface area (Å²) in [5.41, 5.74) is 1.83. The first-order chi connectivity index (χ1) is 17.6. The fraction of sp³-hybridized carbons (Fsp3) is 0.370. The van der Waals surface area contributed by atoms with Crippen molar-refractivity contribution >= 4 is 11.7 Å². The van der Waals surface area contributed by atoms with Gasteiger partial charge in [0.05, 0.1) is 19.8 Å². The average Bonchev–Trinajstić information content (AvgIpc) is 2.89. The minimum atomic E-state index is -4.41. The summed E-state index contributed by atoms with van der Waals surface area (Å²) in [5, 5.41) is 0. The van der Waals surface area contributed by atoms with Gasteiger partial charge in [0.2, 0.25) is 0 Å². The van der Waals surface area contributed by atoms with Crippen molar-refractivity contribution in [2.75, 3.05) is 45.3 Å². The Morgan fingerprint density at radius 2 is 1.59 bits per heavy atom. The predicted molar refractivity (Wildman–Crippen MR) is 133 cm³/mol. The number of piperazine rings is 1. The number of carbonyl (C=O) groups is 1. The van der Waals surface area contributed by atoms with Gasteiger partial charge < -0.3 is 19.3 Å². The van der Waals surface area contributed by atoms with E-state index in [2.05, 4.69) is 14.9 Å². The van der Waals surface area contributed by atoms with E-state index >= 15 is 0 Å². The number of halogens is 3. The smallest absolute Gasteiger partial charge is 0.416 e. The molecule has 2 heterocycles. The van der Waals surface area contributed by atoms with Crippen molar-refractivity contribution in [3.8, 4) is 11.5 Å². The summed E-state index contributed by atoms with van der Waals surface area (Å²) in [7, 11) is 3.06. The Kier molecular flexibility index (Phi) is 7.56. The van der Waals surface area contributed by atoms with Gasteiger partial charge in [-0.3, -0.25) is 4.79 Å². The number of aryl methyl sites for hydroxylation is 2. The standard InChI is InChI=1S/C27H29F3N4O3/c1-17-24(13-19-6-5-7-21(12-19)27(28,29)30)25(32-18(2)31-17)33-8-10-34(11-9-33)26(35)20-14-22(36-3)16-23(15-20)37-4/h5-7,12,14-16H,8-11,13H2,1-4H3. The zero-order valence-electron chi connectivity index (χ0n) is 21.2. The zero-order valence-corrected chi connectivity index (χ0v) is 21.2. The lowest BCUT2D eigenvalue weighted by molar-refractivity contribution is -0.137. The minimum Gasteiger partial charge on any atom is -0.497 e. The lowest BCUT2D eigenvalue weighted by Gasteiger charge is -2.36. The molecule has 0 spiro atoms. The molecule has 1 amide bonds. The lowest BCUT2D eigenvalue weighted by atomic mass is 10.0. The van der Waals surface area contributed by atoms with Crippen molar-refractivity contribution in [2.24, 2.45) is 0 Å². The second kappa shape index (κ2) is 10.7. The molecule has 1 fully saturated rings. The van der Waals surface area contributed by atoms with E-state index in [0.717, 1.165) is 17.3 Å². The van der Waals surface area contributed by atoms with Gasteiger partial charge in [-0.05, 0) is 37.6 Å². The van der Waals surface area contributed by atoms with Crippen molar-refractivity contribution in [3.05, 3.63) is 76.2 Å². The summed E-state index contributed by atoms with van der Waals surface area (Å²) >= 11 is 0. The molecule has 1 saturated heterocycles. The third-order valence-corrected chi connectivity index (χ3v) is 6.40. The molecule has 0 aliphatic carbocycles. The molecule has 0 unspecified atom stereocenters. The van der Waals surface area contributed by atoms with Crippen LogP contribution >= 0.6 is 0 Å². The fourth-order valence-electron chi connectivity index (χ4n) is 4.48. The number of hydrogen-bond donors (Lipinski definition) is 0. The molecule has 3 aromatic rings. The molecule has 0 N–H and O–H groups in total. The van der Waals surface area contributed by atoms with Gasteiger partial charge in [0, 0.05) is 55.5 Å². The Labute approximate surface area is 213 Å². The van der Waals surface area contributed by atoms with E-state index in [1.165, 1.54) is 26.4 Å². The summed E-state index contributed by atoms with van der Waals surface area (Å²) < 4.78 is 50.3. The van der Waals surface area contributed by atoms with Gasteiger partial charge in [0.15, 0.2) is 0 Å². The number of aromatic nitrogens is 2. The summed E-state index contributed by atoms with van der Waals surface area (Å²) in [6.45, 7) is 5.61. The molecule has 0 bridgehead atoms. The number of alkyl halides is 3. The highest BCUT2D eigenvalue weighted by Gasteiger charge is 2.31. The van der Waals surface area contributed by atoms with Crippen LogP contribution in [0.3, 0.4) is 0 Å². The van der Waals surface area contributed by atoms with E-state index in [-0.39, 0.29) is 12.3 Å². The largest absolute Gasteiger partial charge is 0.497 e. The lowest BCUT2D eigenvalue weighted by Crippen LogP contribution is -2.49. The van der Waals surface area contributed by atoms with Crippen LogP contribution < -0.4 is 14.4 Å². The van der Waals surface area contributed by atoms with Gasteiger partial charge in [-0.15, -0.1) is 0 Å². The molecule has 1 aromatic heterocycles. The molecule has 1 aliphatic rings. The van der Waals surface area contributed by atoms with Crippen LogP contribution in [0.1, 0.15) is 38.6 Å². The molecule has 0 radical (unpaired) electrons. The third-order valence-electron chi connectivity index (χ3n) is 6.40. The number of ether oxygens (including phenoxy) is 2. The van der Waals surface area contributed by atoms with Crippen molar-refractivity contribution in [1.29, 1.82) is 0 Å². The quantitative estimate of drug-likeness (QED) is 0.476. The van der Waals surface area contributed by atoms with Crippen LogP contribution in [0.4, 0.5) is 19.0 Å². The molecular weight excluding hydrogens is 485 g/mol. The molecule has 10 heteroatoms. The predicted octanol–water partition coefficient (Wildman–Crippen LogP) is 4.68. The first-order valence-corrected chi connectivity index (χ1v) is 11.9. The summed E-state index contributed by atoms with van der Waals surface area (Å²) in [6.07, 6.45) is -4.14. The van der Waals surface area contributed by atoms with Crippen LogP contribution in [-0.4, -0.2) is 61.2 Å². The van der Waals surface area contributed by atoms with Crippen molar-refractivity contribution in [2.45, 2.75) is 26.4 Å². The maximum Gasteiger partial charge on any atom is 0.416 e. The van der Waals surface area contributed by atoms with Crippen molar-refractivity contribution < 1.29 is 27.4 Å². The van der Waals surface area contributed by atoms with Gasteiger partial charge in [0.25, 0.3) is 5.91 Å². The van der Waals surface area contributed by atoms with Crippen molar-refractivity contribution in [3.63, 3.8) is 0 Å². The monoisotopic (exact) mass is 514 g/mol. The molecule has 7 nitrogen and oxygen atoms in total. The first-order valence-electron chi connectivity index (χ1n) is 11.9. The Hall–Kier alpha value is -3.82. The minimum absolute atomic E-state index is 0.129. The first kappa shape index (κ1) is 26.2. The number of hydrogen-bond acceptors (Lipinski definition) is 6. The SMILES string of the molecule is COc1cc(OC)cc(C(=O)N2CCN(c3nc(C)nc(C)c3Cc3cccc(C(F)(F)F)c3)CC2)c1. The van der Waals surface area contributed by atoms with Gasteiger partial charge >= 0.3 is 6.18 Å². The summed E-state index contributed by atoms with van der Waals surface area (Å²) in [5.74, 6) is 2.22. The Morgan fingerprint density at radius 3 is 2.19 bits per heavy atom. The van der Waals surface area contributed by atoms with Gasteiger partial charge in [-0.25, -0.2) is 9.97 Å². The van der Waals surface area contributed by atoms with Gasteiger partial charge in [-0.2, -0.15) is 13.2 Å². The van der Waals surface area contributed by atoms with Crippen molar-refractivity contribution in [1.82, 2.24) is 14.9 Å². The van der Waals surface area contributed by atoms with Crippen LogP contribution in [-0.2, 0) is 12.6 Å². The second-order valence-electron chi connectivity index (χ2n) is 8.91. The number of rotatable bonds is 6. The maximum atomic E-state index is 13.2. The maximum absolute atomic E-state index is 13.2. The molecule has 0 atom stereocenters. The molecule has 37 heavy (non-hydrogen) atoms. The van der Waals surface area contributed by atoms with Gasteiger partial charge in [-0.1, -0.05) is 18.2 Å². The number of benzene rings is 2.